The minimum Gasteiger partial charge on any atom is -0.385 e. The minimum atomic E-state index is -0.167. The first kappa shape index (κ1) is 14.9. The molecule has 0 radical (unpaired) electrons. The van der Waals surface area contributed by atoms with Crippen molar-refractivity contribution in [3.8, 4) is 0 Å². The lowest BCUT2D eigenvalue weighted by molar-refractivity contribution is 0.0858. The fraction of sp³-hybridized carbons (Fsp3) is 0.389. The average Bonchev–Trinajstić information content (AvgIpc) is 3.00. The number of anilines is 2. The lowest BCUT2D eigenvalue weighted by atomic mass is 9.90. The second kappa shape index (κ2) is 5.78. The molecule has 0 amide bonds. The molecule has 1 aromatic heterocycles. The number of rotatable bonds is 2. The second-order valence-corrected chi connectivity index (χ2v) is 6.47. The Labute approximate surface area is 141 Å². The van der Waals surface area contributed by atoms with Gasteiger partial charge in [-0.15, -0.1) is 0 Å². The molecular formula is C18H21N5O. The molecular weight excluding hydrogens is 302 g/mol. The van der Waals surface area contributed by atoms with Crippen LogP contribution in [0.4, 0.5) is 11.5 Å². The fourth-order valence-corrected chi connectivity index (χ4v) is 3.61. The van der Waals surface area contributed by atoms with Crippen molar-refractivity contribution in [2.24, 2.45) is 4.99 Å². The van der Waals surface area contributed by atoms with Crippen LogP contribution in [0.2, 0.25) is 0 Å². The topological polar surface area (TPSA) is 62.5 Å². The highest BCUT2D eigenvalue weighted by molar-refractivity contribution is 5.93. The molecule has 1 unspecified atom stereocenters. The third kappa shape index (κ3) is 2.29. The zero-order valence-electron chi connectivity index (χ0n) is 14.0. The number of nitrogens with one attached hydrogen (secondary N) is 1. The molecule has 1 aromatic carbocycles. The molecule has 0 spiro atoms. The summed E-state index contributed by atoms with van der Waals surface area (Å²) in [5.74, 6) is 0.757. The molecule has 0 bridgehead atoms. The summed E-state index contributed by atoms with van der Waals surface area (Å²) in [7, 11) is 3.92. The number of carbonyl (C=O) groups is 1. The van der Waals surface area contributed by atoms with Gasteiger partial charge in [0.15, 0.2) is 0 Å². The van der Waals surface area contributed by atoms with Crippen molar-refractivity contribution in [2.45, 2.75) is 18.8 Å². The van der Waals surface area contributed by atoms with E-state index >= 15 is 0 Å². The molecule has 6 nitrogen and oxygen atoms in total. The third-order valence-corrected chi connectivity index (χ3v) is 4.71. The van der Waals surface area contributed by atoms with Gasteiger partial charge in [-0.25, -0.2) is 0 Å². The molecule has 1 N–H and O–H groups in total. The van der Waals surface area contributed by atoms with Crippen LogP contribution in [-0.2, 0) is 6.42 Å². The smallest absolute Gasteiger partial charge is 0.256 e. The highest BCUT2D eigenvalue weighted by atomic mass is 16.2. The van der Waals surface area contributed by atoms with Gasteiger partial charge in [-0.05, 0) is 24.5 Å². The van der Waals surface area contributed by atoms with Crippen LogP contribution in [0, 0.1) is 0 Å². The number of hydrogen-bond acceptors (Lipinski definition) is 5. The van der Waals surface area contributed by atoms with E-state index in [0.717, 1.165) is 54.3 Å². The van der Waals surface area contributed by atoms with Gasteiger partial charge in [0.25, 0.3) is 5.91 Å². The molecule has 124 valence electrons. The van der Waals surface area contributed by atoms with Crippen LogP contribution in [0.3, 0.4) is 0 Å². The van der Waals surface area contributed by atoms with Crippen LogP contribution >= 0.6 is 0 Å². The Morgan fingerprint density at radius 3 is 3.00 bits per heavy atom. The highest BCUT2D eigenvalue weighted by Gasteiger charge is 2.31. The molecule has 0 saturated heterocycles. The molecule has 0 aliphatic carbocycles. The van der Waals surface area contributed by atoms with Gasteiger partial charge < -0.3 is 10.2 Å². The maximum atomic E-state index is 13.3. The molecule has 24 heavy (non-hydrogen) atoms. The van der Waals surface area contributed by atoms with Gasteiger partial charge >= 0.3 is 0 Å². The van der Waals surface area contributed by atoms with E-state index in [9.17, 15) is 4.79 Å². The Morgan fingerprint density at radius 1 is 1.33 bits per heavy atom. The second-order valence-electron chi connectivity index (χ2n) is 6.47. The summed E-state index contributed by atoms with van der Waals surface area (Å²) >= 11 is 0. The normalized spacial score (nSPS) is 18.5. The van der Waals surface area contributed by atoms with Crippen molar-refractivity contribution in [3.05, 3.63) is 41.1 Å². The monoisotopic (exact) mass is 323 g/mol. The van der Waals surface area contributed by atoms with Crippen LogP contribution in [0.5, 0.6) is 0 Å². The van der Waals surface area contributed by atoms with E-state index in [1.54, 1.807) is 10.9 Å². The summed E-state index contributed by atoms with van der Waals surface area (Å²) in [6, 6.07) is 8.04. The van der Waals surface area contributed by atoms with E-state index in [0.29, 0.717) is 0 Å². The first-order chi connectivity index (χ1) is 11.7. The summed E-state index contributed by atoms with van der Waals surface area (Å²) < 4.78 is 1.59. The van der Waals surface area contributed by atoms with Crippen molar-refractivity contribution >= 4 is 23.6 Å². The quantitative estimate of drug-likeness (QED) is 0.920. The lowest BCUT2D eigenvalue weighted by Crippen LogP contribution is -2.30. The van der Waals surface area contributed by atoms with Gasteiger partial charge in [-0.2, -0.15) is 9.78 Å². The number of fused-ring (bicyclic) bond motifs is 2. The predicted octanol–water partition coefficient (Wildman–Crippen LogP) is 2.16. The molecule has 6 heteroatoms. The summed E-state index contributed by atoms with van der Waals surface area (Å²) in [4.78, 5) is 19.6. The molecule has 1 atom stereocenters. The number of carbonyl (C=O) groups excluding carboxylic acids is 1. The van der Waals surface area contributed by atoms with Crippen molar-refractivity contribution in [1.29, 1.82) is 0 Å². The first-order valence-corrected chi connectivity index (χ1v) is 8.33. The van der Waals surface area contributed by atoms with Crippen molar-refractivity contribution in [1.82, 2.24) is 9.78 Å². The number of hydrogen-bond donors (Lipinski definition) is 1. The Morgan fingerprint density at radius 2 is 2.17 bits per heavy atom. The van der Waals surface area contributed by atoms with E-state index in [1.807, 2.05) is 43.3 Å². The Hall–Kier alpha value is -2.63. The summed E-state index contributed by atoms with van der Waals surface area (Å²) in [6.45, 7) is 1.55. The zero-order valence-corrected chi connectivity index (χ0v) is 14.0. The van der Waals surface area contributed by atoms with Gasteiger partial charge in [0.05, 0.1) is 5.92 Å². The van der Waals surface area contributed by atoms with Gasteiger partial charge in [0, 0.05) is 44.7 Å². The SMILES string of the molecule is CN(C)c1c2c(nn1C(=O)C1CCNc3ccccc31)C=NCC2. The molecule has 2 aromatic rings. The summed E-state index contributed by atoms with van der Waals surface area (Å²) in [5.41, 5.74) is 4.04. The highest BCUT2D eigenvalue weighted by Crippen LogP contribution is 2.34. The van der Waals surface area contributed by atoms with E-state index < -0.39 is 0 Å². The molecule has 2 aliphatic heterocycles. The molecule has 0 fully saturated rings. The van der Waals surface area contributed by atoms with Crippen LogP contribution < -0.4 is 10.2 Å². The Bertz CT molecular complexity index is 821. The third-order valence-electron chi connectivity index (χ3n) is 4.71. The van der Waals surface area contributed by atoms with Crippen LogP contribution in [0.15, 0.2) is 29.3 Å². The summed E-state index contributed by atoms with van der Waals surface area (Å²) in [6.07, 6.45) is 3.39. The van der Waals surface area contributed by atoms with E-state index in [-0.39, 0.29) is 11.8 Å². The van der Waals surface area contributed by atoms with Crippen molar-refractivity contribution < 1.29 is 4.79 Å². The maximum Gasteiger partial charge on any atom is 0.256 e. The van der Waals surface area contributed by atoms with Gasteiger partial charge in [-0.1, -0.05) is 18.2 Å². The fourth-order valence-electron chi connectivity index (χ4n) is 3.61. The Balaban J connectivity index is 1.79. The Kier molecular flexibility index (Phi) is 3.59. The molecule has 3 heterocycles. The average molecular weight is 323 g/mol. The molecule has 4 rings (SSSR count). The van der Waals surface area contributed by atoms with Crippen LogP contribution in [0.1, 0.15) is 34.0 Å². The van der Waals surface area contributed by atoms with Gasteiger partial charge in [-0.3, -0.25) is 9.79 Å². The van der Waals surface area contributed by atoms with Crippen molar-refractivity contribution in [3.63, 3.8) is 0 Å². The minimum absolute atomic E-state index is 0.0375. The maximum absolute atomic E-state index is 13.3. The van der Waals surface area contributed by atoms with Crippen LogP contribution in [-0.4, -0.2) is 49.1 Å². The zero-order chi connectivity index (χ0) is 16.7. The number of para-hydroxylation sites is 1. The van der Waals surface area contributed by atoms with Crippen molar-refractivity contribution in [2.75, 3.05) is 37.4 Å². The van der Waals surface area contributed by atoms with E-state index in [1.165, 1.54) is 0 Å². The van der Waals surface area contributed by atoms with E-state index in [2.05, 4.69) is 15.4 Å². The van der Waals surface area contributed by atoms with E-state index in [4.69, 9.17) is 0 Å². The van der Waals surface area contributed by atoms with Gasteiger partial charge in [0.2, 0.25) is 0 Å². The first-order valence-electron chi connectivity index (χ1n) is 8.33. The number of aliphatic imine (C=N–C) groups is 1. The largest absolute Gasteiger partial charge is 0.385 e. The van der Waals surface area contributed by atoms with Gasteiger partial charge in [0.1, 0.15) is 11.5 Å². The lowest BCUT2D eigenvalue weighted by Gasteiger charge is -2.26. The molecule has 2 aliphatic rings. The van der Waals surface area contributed by atoms with Crippen LogP contribution in [0.25, 0.3) is 0 Å². The molecule has 0 saturated carbocycles. The summed E-state index contributed by atoms with van der Waals surface area (Å²) in [5, 5.41) is 7.95. The predicted molar refractivity (Wildman–Crippen MR) is 95.6 cm³/mol. The number of benzene rings is 1. The standard InChI is InChI=1S/C18H21N5O/c1-22(2)17-14-7-9-19-11-16(14)21-23(17)18(24)13-8-10-20-15-6-4-3-5-12(13)15/h3-6,11,13,20H,7-10H2,1-2H3. The number of aromatic nitrogens is 2. The number of nitrogens with zero attached hydrogens (tertiary/aromatic N) is 4.